The summed E-state index contributed by atoms with van der Waals surface area (Å²) >= 11 is 12.5. The van der Waals surface area contributed by atoms with Crippen molar-refractivity contribution in [2.24, 2.45) is 0 Å². The Kier molecular flexibility index (Phi) is 7.52. The number of esters is 1. The van der Waals surface area contributed by atoms with Gasteiger partial charge in [0.1, 0.15) is 18.1 Å². The van der Waals surface area contributed by atoms with Crippen molar-refractivity contribution < 1.29 is 33.0 Å². The number of imide groups is 1. The Bertz CT molecular complexity index is 1370. The average molecular weight is 531 g/mol. The molecular formula is C25H20Cl2N2O7. The average Bonchev–Trinajstić information content (AvgIpc) is 3.44. The van der Waals surface area contributed by atoms with Gasteiger partial charge < -0.3 is 23.9 Å². The smallest absolute Gasteiger partial charge is 0.373 e. The molecule has 0 aliphatic carbocycles. The van der Waals surface area contributed by atoms with Crippen molar-refractivity contribution in [3.63, 3.8) is 0 Å². The van der Waals surface area contributed by atoms with Crippen LogP contribution >= 0.6 is 23.2 Å². The van der Waals surface area contributed by atoms with Crippen molar-refractivity contribution in [1.82, 2.24) is 10.2 Å². The van der Waals surface area contributed by atoms with Crippen molar-refractivity contribution in [2.75, 3.05) is 14.2 Å². The lowest BCUT2D eigenvalue weighted by Gasteiger charge is -2.15. The Morgan fingerprint density at radius 1 is 1.11 bits per heavy atom. The number of nitrogens with one attached hydrogen (secondary N) is 1. The zero-order valence-corrected chi connectivity index (χ0v) is 20.7. The van der Waals surface area contributed by atoms with Crippen LogP contribution in [0.15, 0.2) is 58.6 Å². The standard InChI is InChI=1S/C25H20Cl2N2O7/c1-33-21-11-16(26)9-15(22(21)35-13-14-5-3-4-6-18(14)27)10-19-23(30)29(25(32)28-19)12-17-7-8-20(36-17)24(31)34-2/h3-11H,12-13H2,1-2H3,(H,28,32)/b19-10+. The van der Waals surface area contributed by atoms with Crippen LogP contribution in [0.25, 0.3) is 6.08 Å². The highest BCUT2D eigenvalue weighted by atomic mass is 35.5. The number of furan rings is 1. The summed E-state index contributed by atoms with van der Waals surface area (Å²) in [5, 5.41) is 3.41. The molecule has 1 aliphatic heterocycles. The predicted molar refractivity (Wildman–Crippen MR) is 131 cm³/mol. The van der Waals surface area contributed by atoms with E-state index >= 15 is 0 Å². The van der Waals surface area contributed by atoms with Gasteiger partial charge in [0.15, 0.2) is 11.5 Å². The van der Waals surface area contributed by atoms with Crippen LogP contribution in [-0.4, -0.2) is 37.0 Å². The Labute approximate surface area is 216 Å². The molecule has 1 aromatic heterocycles. The molecule has 1 N–H and O–H groups in total. The topological polar surface area (TPSA) is 107 Å². The van der Waals surface area contributed by atoms with Crippen LogP contribution in [0, 0.1) is 0 Å². The molecule has 0 bridgehead atoms. The first-order chi connectivity index (χ1) is 17.3. The van der Waals surface area contributed by atoms with Crippen LogP contribution < -0.4 is 14.8 Å². The van der Waals surface area contributed by atoms with E-state index in [0.29, 0.717) is 27.1 Å². The highest BCUT2D eigenvalue weighted by Crippen LogP contribution is 2.37. The minimum atomic E-state index is -0.668. The summed E-state index contributed by atoms with van der Waals surface area (Å²) in [5.41, 5.74) is 1.14. The van der Waals surface area contributed by atoms with Gasteiger partial charge in [-0.3, -0.25) is 9.69 Å². The number of amides is 3. The molecule has 11 heteroatoms. The number of hydrogen-bond donors (Lipinski definition) is 1. The fourth-order valence-electron chi connectivity index (χ4n) is 3.47. The van der Waals surface area contributed by atoms with Gasteiger partial charge in [0.2, 0.25) is 5.76 Å². The highest BCUT2D eigenvalue weighted by molar-refractivity contribution is 6.31. The summed E-state index contributed by atoms with van der Waals surface area (Å²) in [6.45, 7) is -0.0605. The molecule has 0 atom stereocenters. The van der Waals surface area contributed by atoms with Gasteiger partial charge >= 0.3 is 12.0 Å². The van der Waals surface area contributed by atoms with Crippen molar-refractivity contribution in [3.05, 3.63) is 86.9 Å². The molecule has 0 saturated carbocycles. The number of urea groups is 1. The van der Waals surface area contributed by atoms with E-state index in [0.717, 1.165) is 10.5 Å². The first kappa shape index (κ1) is 25.2. The number of rotatable bonds is 8. The Morgan fingerprint density at radius 3 is 2.61 bits per heavy atom. The number of ether oxygens (including phenoxy) is 3. The molecule has 1 fully saturated rings. The van der Waals surface area contributed by atoms with Crippen LogP contribution in [0.1, 0.15) is 27.4 Å². The van der Waals surface area contributed by atoms with E-state index in [2.05, 4.69) is 10.1 Å². The molecular weight excluding hydrogens is 511 g/mol. The van der Waals surface area contributed by atoms with E-state index in [1.54, 1.807) is 18.2 Å². The lowest BCUT2D eigenvalue weighted by Crippen LogP contribution is -2.30. The summed E-state index contributed by atoms with van der Waals surface area (Å²) in [6, 6.07) is 12.6. The normalized spacial score (nSPS) is 14.2. The largest absolute Gasteiger partial charge is 0.493 e. The van der Waals surface area contributed by atoms with E-state index < -0.39 is 17.9 Å². The summed E-state index contributed by atoms with van der Waals surface area (Å²) in [6.07, 6.45) is 1.44. The summed E-state index contributed by atoms with van der Waals surface area (Å²) < 4.78 is 21.4. The Morgan fingerprint density at radius 2 is 1.89 bits per heavy atom. The first-order valence-corrected chi connectivity index (χ1v) is 11.3. The van der Waals surface area contributed by atoms with Gasteiger partial charge in [-0.2, -0.15) is 0 Å². The van der Waals surface area contributed by atoms with E-state index in [1.165, 1.54) is 32.4 Å². The number of benzene rings is 2. The van der Waals surface area contributed by atoms with Gasteiger partial charge in [0, 0.05) is 27.2 Å². The fraction of sp³-hybridized carbons (Fsp3) is 0.160. The third kappa shape index (κ3) is 5.32. The SMILES string of the molecule is COC(=O)c1ccc(CN2C(=O)N/C(=C/c3cc(Cl)cc(OC)c3OCc3ccccc3Cl)C2=O)o1. The van der Waals surface area contributed by atoms with Crippen molar-refractivity contribution >= 4 is 47.2 Å². The number of carbonyl (C=O) groups excluding carboxylic acids is 3. The summed E-state index contributed by atoms with van der Waals surface area (Å²) in [4.78, 5) is 38.1. The van der Waals surface area contributed by atoms with Crippen LogP contribution in [-0.2, 0) is 22.7 Å². The van der Waals surface area contributed by atoms with E-state index in [4.69, 9.17) is 37.1 Å². The lowest BCUT2D eigenvalue weighted by molar-refractivity contribution is -0.123. The second-order valence-corrected chi connectivity index (χ2v) is 8.39. The molecule has 3 amide bonds. The maximum Gasteiger partial charge on any atom is 0.373 e. The molecule has 1 saturated heterocycles. The second-order valence-electron chi connectivity index (χ2n) is 7.54. The summed E-state index contributed by atoms with van der Waals surface area (Å²) in [7, 11) is 2.68. The quantitative estimate of drug-likeness (QED) is 0.246. The molecule has 0 unspecified atom stereocenters. The number of halogens is 2. The molecule has 3 aromatic rings. The fourth-order valence-corrected chi connectivity index (χ4v) is 3.87. The molecule has 2 heterocycles. The van der Waals surface area contributed by atoms with Crippen LogP contribution in [0.5, 0.6) is 11.5 Å². The van der Waals surface area contributed by atoms with Crippen molar-refractivity contribution in [1.29, 1.82) is 0 Å². The van der Waals surface area contributed by atoms with Crippen LogP contribution in [0.4, 0.5) is 4.79 Å². The molecule has 36 heavy (non-hydrogen) atoms. The number of carbonyl (C=O) groups is 3. The zero-order valence-electron chi connectivity index (χ0n) is 19.2. The van der Waals surface area contributed by atoms with E-state index in [9.17, 15) is 14.4 Å². The molecule has 4 rings (SSSR count). The van der Waals surface area contributed by atoms with Crippen molar-refractivity contribution in [2.45, 2.75) is 13.2 Å². The highest BCUT2D eigenvalue weighted by Gasteiger charge is 2.35. The van der Waals surface area contributed by atoms with Crippen molar-refractivity contribution in [3.8, 4) is 11.5 Å². The van der Waals surface area contributed by atoms with E-state index in [-0.39, 0.29) is 30.4 Å². The molecule has 0 spiro atoms. The maximum atomic E-state index is 13.0. The summed E-state index contributed by atoms with van der Waals surface area (Å²) in [5.74, 6) is -0.440. The molecule has 186 valence electrons. The number of hydrogen-bond acceptors (Lipinski definition) is 7. The molecule has 9 nitrogen and oxygen atoms in total. The Balaban J connectivity index is 1.60. The van der Waals surface area contributed by atoms with Gasteiger partial charge in [-0.05, 0) is 30.3 Å². The van der Waals surface area contributed by atoms with Gasteiger partial charge in [-0.25, -0.2) is 9.59 Å². The second kappa shape index (κ2) is 10.8. The lowest BCUT2D eigenvalue weighted by atomic mass is 10.1. The van der Waals surface area contributed by atoms with Gasteiger partial charge in [0.05, 0.1) is 20.8 Å². The van der Waals surface area contributed by atoms with E-state index in [1.807, 2.05) is 18.2 Å². The maximum absolute atomic E-state index is 13.0. The Hall–Kier alpha value is -3.95. The minimum Gasteiger partial charge on any atom is -0.493 e. The molecule has 0 radical (unpaired) electrons. The number of methoxy groups -OCH3 is 2. The van der Waals surface area contributed by atoms with Gasteiger partial charge in [0.25, 0.3) is 5.91 Å². The van der Waals surface area contributed by atoms with Crippen LogP contribution in [0.2, 0.25) is 10.0 Å². The first-order valence-electron chi connectivity index (χ1n) is 10.6. The van der Waals surface area contributed by atoms with Gasteiger partial charge in [-0.15, -0.1) is 0 Å². The zero-order chi connectivity index (χ0) is 25.8. The third-order valence-electron chi connectivity index (χ3n) is 5.22. The predicted octanol–water partition coefficient (Wildman–Crippen LogP) is 5.05. The molecule has 1 aliphatic rings. The van der Waals surface area contributed by atoms with Gasteiger partial charge in [-0.1, -0.05) is 41.4 Å². The third-order valence-corrected chi connectivity index (χ3v) is 5.81. The minimum absolute atomic E-state index is 0.00772. The van der Waals surface area contributed by atoms with Crippen LogP contribution in [0.3, 0.4) is 0 Å². The number of nitrogens with zero attached hydrogens (tertiary/aromatic N) is 1. The molecule has 2 aromatic carbocycles. The monoisotopic (exact) mass is 530 g/mol.